The molecule has 1 aromatic carbocycles. The van der Waals surface area contributed by atoms with Gasteiger partial charge >= 0.3 is 0 Å². The average molecular weight is 293 g/mol. The number of carbonyl (C=O) groups excluding carboxylic acids is 1. The van der Waals surface area contributed by atoms with E-state index in [4.69, 9.17) is 9.47 Å². The molecule has 5 nitrogen and oxygen atoms in total. The molecule has 1 aromatic rings. The van der Waals surface area contributed by atoms with Crippen LogP contribution in [-0.4, -0.2) is 37.9 Å². The minimum absolute atomic E-state index is 0.0179. The van der Waals surface area contributed by atoms with E-state index in [1.54, 1.807) is 14.2 Å². The topological polar surface area (TPSA) is 67.8 Å². The molecule has 0 aromatic heterocycles. The van der Waals surface area contributed by atoms with E-state index >= 15 is 0 Å². The van der Waals surface area contributed by atoms with Crippen LogP contribution in [0.1, 0.15) is 31.7 Å². The molecular formula is C16H23NO4. The minimum atomic E-state index is -0.484. The lowest BCUT2D eigenvalue weighted by molar-refractivity contribution is -0.124. The Morgan fingerprint density at radius 1 is 1.33 bits per heavy atom. The van der Waals surface area contributed by atoms with Crippen LogP contribution in [0.3, 0.4) is 0 Å². The third-order valence-electron chi connectivity index (χ3n) is 4.17. The number of hydrogen-bond donors (Lipinski definition) is 2. The van der Waals surface area contributed by atoms with Crippen LogP contribution in [0.15, 0.2) is 18.2 Å². The van der Waals surface area contributed by atoms with Crippen molar-refractivity contribution in [1.29, 1.82) is 0 Å². The van der Waals surface area contributed by atoms with Gasteiger partial charge in [-0.3, -0.25) is 4.79 Å². The molecule has 1 amide bonds. The summed E-state index contributed by atoms with van der Waals surface area (Å²) in [6.07, 6.45) is 2.34. The normalized spacial score (nSPS) is 17.0. The Hall–Kier alpha value is -1.75. The third kappa shape index (κ3) is 2.97. The largest absolute Gasteiger partial charge is 0.493 e. The lowest BCUT2D eigenvalue weighted by Gasteiger charge is -2.21. The molecule has 1 aliphatic rings. The van der Waals surface area contributed by atoms with Crippen molar-refractivity contribution in [2.75, 3.05) is 20.8 Å². The number of aliphatic hydroxyl groups is 1. The van der Waals surface area contributed by atoms with Crippen LogP contribution >= 0.6 is 0 Å². The van der Waals surface area contributed by atoms with Gasteiger partial charge in [-0.05, 0) is 37.0 Å². The van der Waals surface area contributed by atoms with Gasteiger partial charge in [0, 0.05) is 0 Å². The average Bonchev–Trinajstić information content (AvgIpc) is 3.33. The number of ether oxygens (including phenoxy) is 2. The summed E-state index contributed by atoms with van der Waals surface area (Å²) in [5.41, 5.74) is 0.452. The molecule has 1 fully saturated rings. The van der Waals surface area contributed by atoms with E-state index in [1.807, 2.05) is 25.1 Å². The van der Waals surface area contributed by atoms with Crippen LogP contribution in [0, 0.1) is 0 Å². The van der Waals surface area contributed by atoms with Gasteiger partial charge in [-0.15, -0.1) is 0 Å². The van der Waals surface area contributed by atoms with Crippen LogP contribution in [0.2, 0.25) is 0 Å². The highest BCUT2D eigenvalue weighted by Gasteiger charge is 2.51. The lowest BCUT2D eigenvalue weighted by Crippen LogP contribution is -2.43. The van der Waals surface area contributed by atoms with Crippen molar-refractivity contribution in [2.24, 2.45) is 0 Å². The molecule has 5 heteroatoms. The number of rotatable bonds is 7. The Morgan fingerprint density at radius 2 is 2.00 bits per heavy atom. The van der Waals surface area contributed by atoms with Gasteiger partial charge in [-0.25, -0.2) is 0 Å². The third-order valence-corrected chi connectivity index (χ3v) is 4.17. The van der Waals surface area contributed by atoms with Crippen LogP contribution < -0.4 is 14.8 Å². The van der Waals surface area contributed by atoms with Gasteiger partial charge in [-0.1, -0.05) is 13.0 Å². The van der Waals surface area contributed by atoms with Gasteiger partial charge in [0.25, 0.3) is 0 Å². The second kappa shape index (κ2) is 6.35. The van der Waals surface area contributed by atoms with Gasteiger partial charge in [0.05, 0.1) is 32.3 Å². The molecule has 0 spiro atoms. The molecular weight excluding hydrogens is 270 g/mol. The predicted molar refractivity (Wildman–Crippen MR) is 79.8 cm³/mol. The van der Waals surface area contributed by atoms with Crippen molar-refractivity contribution in [3.8, 4) is 11.5 Å². The number of nitrogens with one attached hydrogen (secondary N) is 1. The van der Waals surface area contributed by atoms with Crippen LogP contribution in [0.5, 0.6) is 11.5 Å². The van der Waals surface area contributed by atoms with Crippen molar-refractivity contribution in [3.05, 3.63) is 23.8 Å². The SMILES string of the molecule is CCC(CO)NC(=O)C1(c2ccc(OC)c(OC)c2)CC1. The van der Waals surface area contributed by atoms with E-state index in [0.717, 1.165) is 18.4 Å². The molecule has 0 saturated heterocycles. The smallest absolute Gasteiger partial charge is 0.230 e. The van der Waals surface area contributed by atoms with Crippen molar-refractivity contribution in [2.45, 2.75) is 37.6 Å². The first-order chi connectivity index (χ1) is 10.1. The van der Waals surface area contributed by atoms with E-state index in [-0.39, 0.29) is 18.6 Å². The van der Waals surface area contributed by atoms with E-state index in [9.17, 15) is 9.90 Å². The summed E-state index contributed by atoms with van der Waals surface area (Å²) in [6.45, 7) is 1.90. The zero-order valence-electron chi connectivity index (χ0n) is 12.8. The van der Waals surface area contributed by atoms with Crippen LogP contribution in [0.4, 0.5) is 0 Å². The first kappa shape index (κ1) is 15.6. The number of amides is 1. The van der Waals surface area contributed by atoms with E-state index < -0.39 is 5.41 Å². The Labute approximate surface area is 125 Å². The van der Waals surface area contributed by atoms with Gasteiger partial charge < -0.3 is 19.9 Å². The van der Waals surface area contributed by atoms with Gasteiger partial charge in [-0.2, -0.15) is 0 Å². The van der Waals surface area contributed by atoms with Crippen LogP contribution in [-0.2, 0) is 10.2 Å². The molecule has 0 aliphatic heterocycles. The molecule has 1 unspecified atom stereocenters. The van der Waals surface area contributed by atoms with Crippen LogP contribution in [0.25, 0.3) is 0 Å². The highest BCUT2D eigenvalue weighted by molar-refractivity contribution is 5.91. The molecule has 0 radical (unpaired) electrons. The second-order valence-electron chi connectivity index (χ2n) is 5.41. The maximum Gasteiger partial charge on any atom is 0.230 e. The fraction of sp³-hybridized carbons (Fsp3) is 0.562. The zero-order valence-corrected chi connectivity index (χ0v) is 12.8. The molecule has 1 saturated carbocycles. The number of methoxy groups -OCH3 is 2. The molecule has 2 rings (SSSR count). The summed E-state index contributed by atoms with van der Waals surface area (Å²) >= 11 is 0. The maximum absolute atomic E-state index is 12.5. The number of carbonyl (C=O) groups is 1. The summed E-state index contributed by atoms with van der Waals surface area (Å²) in [4.78, 5) is 12.5. The summed E-state index contributed by atoms with van der Waals surface area (Å²) in [5, 5.41) is 12.2. The van der Waals surface area contributed by atoms with Crippen molar-refractivity contribution in [3.63, 3.8) is 0 Å². The summed E-state index contributed by atoms with van der Waals surface area (Å²) < 4.78 is 10.5. The zero-order chi connectivity index (χ0) is 15.5. The fourth-order valence-electron chi connectivity index (χ4n) is 2.51. The lowest BCUT2D eigenvalue weighted by atomic mass is 9.94. The molecule has 21 heavy (non-hydrogen) atoms. The van der Waals surface area contributed by atoms with Gasteiger partial charge in [0.1, 0.15) is 0 Å². The Morgan fingerprint density at radius 3 is 2.48 bits per heavy atom. The summed E-state index contributed by atoms with van der Waals surface area (Å²) in [7, 11) is 3.17. The Bertz CT molecular complexity index is 507. The Balaban J connectivity index is 2.22. The summed E-state index contributed by atoms with van der Waals surface area (Å²) in [6, 6.07) is 5.42. The fourth-order valence-corrected chi connectivity index (χ4v) is 2.51. The highest BCUT2D eigenvalue weighted by Crippen LogP contribution is 2.50. The number of benzene rings is 1. The monoisotopic (exact) mass is 293 g/mol. The first-order valence-electron chi connectivity index (χ1n) is 7.25. The molecule has 116 valence electrons. The maximum atomic E-state index is 12.5. The van der Waals surface area contributed by atoms with Gasteiger partial charge in [0.2, 0.25) is 5.91 Å². The summed E-state index contributed by atoms with van der Waals surface area (Å²) in [5.74, 6) is 1.26. The minimum Gasteiger partial charge on any atom is -0.493 e. The molecule has 1 atom stereocenters. The highest BCUT2D eigenvalue weighted by atomic mass is 16.5. The predicted octanol–water partition coefficient (Wildman–Crippen LogP) is 1.62. The first-order valence-corrected chi connectivity index (χ1v) is 7.25. The number of aliphatic hydroxyl groups excluding tert-OH is 1. The standard InChI is InChI=1S/C16H23NO4/c1-4-12(10-18)17-15(19)16(7-8-16)11-5-6-13(20-2)14(9-11)21-3/h5-6,9,12,18H,4,7-8,10H2,1-3H3,(H,17,19). The van der Waals surface area contributed by atoms with Crippen molar-refractivity contribution in [1.82, 2.24) is 5.32 Å². The molecule has 2 N–H and O–H groups in total. The second-order valence-corrected chi connectivity index (χ2v) is 5.41. The number of hydrogen-bond acceptors (Lipinski definition) is 4. The molecule has 1 aliphatic carbocycles. The quantitative estimate of drug-likeness (QED) is 0.801. The Kier molecular flexibility index (Phi) is 4.73. The molecule has 0 heterocycles. The van der Waals surface area contributed by atoms with E-state index in [1.165, 1.54) is 0 Å². The molecule has 0 bridgehead atoms. The van der Waals surface area contributed by atoms with E-state index in [0.29, 0.717) is 17.9 Å². The van der Waals surface area contributed by atoms with Gasteiger partial charge in [0.15, 0.2) is 11.5 Å². The van der Waals surface area contributed by atoms with Crippen molar-refractivity contribution < 1.29 is 19.4 Å². The van der Waals surface area contributed by atoms with E-state index in [2.05, 4.69) is 5.32 Å². The van der Waals surface area contributed by atoms with Crippen molar-refractivity contribution >= 4 is 5.91 Å².